The van der Waals surface area contributed by atoms with E-state index in [0.717, 1.165) is 36.0 Å². The van der Waals surface area contributed by atoms with Crippen molar-refractivity contribution in [2.45, 2.75) is 43.9 Å². The summed E-state index contributed by atoms with van der Waals surface area (Å²) in [6, 6.07) is 13.3. The Morgan fingerprint density at radius 1 is 1.03 bits per heavy atom. The summed E-state index contributed by atoms with van der Waals surface area (Å²) in [5.74, 6) is 0.938. The van der Waals surface area contributed by atoms with E-state index < -0.39 is 10.0 Å². The zero-order valence-corrected chi connectivity index (χ0v) is 17.6. The Labute approximate surface area is 171 Å². The van der Waals surface area contributed by atoms with Crippen LogP contribution in [0.2, 0.25) is 0 Å². The smallest absolute Gasteiger partial charge is 0.257 e. The van der Waals surface area contributed by atoms with E-state index in [1.54, 1.807) is 13.1 Å². The average molecular weight is 412 g/mol. The van der Waals surface area contributed by atoms with Gasteiger partial charge in [-0.05, 0) is 68.0 Å². The number of fused-ring (bicyclic) bond motifs is 1. The summed E-state index contributed by atoms with van der Waals surface area (Å²) in [6.07, 6.45) is 4.66. The molecule has 1 aromatic heterocycles. The fourth-order valence-corrected chi connectivity index (χ4v) is 4.82. The fourth-order valence-electron chi connectivity index (χ4n) is 3.60. The molecule has 0 unspecified atom stereocenters. The standard InChI is InChI=1S/C22H25N3O3S/c1-16-7-9-18(10-8-16)22-23-21(24-28-22)13-14-25(2)29(26,27)20-12-11-17-5-3-4-6-19(17)15-20/h7-12,15H,3-6,13-14H2,1-2H3. The molecule has 0 spiro atoms. The van der Waals surface area contributed by atoms with Gasteiger partial charge in [0.2, 0.25) is 10.0 Å². The monoisotopic (exact) mass is 411 g/mol. The van der Waals surface area contributed by atoms with Gasteiger partial charge in [0.15, 0.2) is 5.82 Å². The number of sulfonamides is 1. The number of nitrogens with zero attached hydrogens (tertiary/aromatic N) is 3. The van der Waals surface area contributed by atoms with E-state index in [9.17, 15) is 8.42 Å². The lowest BCUT2D eigenvalue weighted by atomic mass is 9.92. The first-order chi connectivity index (χ1) is 13.9. The molecule has 1 aliphatic carbocycles. The van der Waals surface area contributed by atoms with Crippen LogP contribution in [-0.2, 0) is 29.3 Å². The first-order valence-electron chi connectivity index (χ1n) is 9.91. The third kappa shape index (κ3) is 4.26. The number of hydrogen-bond acceptors (Lipinski definition) is 5. The quantitative estimate of drug-likeness (QED) is 0.617. The molecular weight excluding hydrogens is 386 g/mol. The largest absolute Gasteiger partial charge is 0.334 e. The van der Waals surface area contributed by atoms with Gasteiger partial charge in [0.05, 0.1) is 4.90 Å². The maximum atomic E-state index is 13.0. The SMILES string of the molecule is Cc1ccc(-c2nc(CCN(C)S(=O)(=O)c3ccc4c(c3)CCCC4)no2)cc1. The van der Waals surface area contributed by atoms with Crippen molar-refractivity contribution < 1.29 is 12.9 Å². The van der Waals surface area contributed by atoms with Crippen molar-refractivity contribution in [3.63, 3.8) is 0 Å². The third-order valence-electron chi connectivity index (χ3n) is 5.45. The average Bonchev–Trinajstić information content (AvgIpc) is 3.21. The molecule has 0 saturated heterocycles. The predicted octanol–water partition coefficient (Wildman–Crippen LogP) is 3.79. The van der Waals surface area contributed by atoms with E-state index in [1.807, 2.05) is 43.3 Å². The van der Waals surface area contributed by atoms with Crippen molar-refractivity contribution in [3.05, 3.63) is 65.0 Å². The molecule has 0 amide bonds. The molecule has 1 aliphatic rings. The number of aryl methyl sites for hydroxylation is 3. The summed E-state index contributed by atoms with van der Waals surface area (Å²) in [7, 11) is -1.95. The molecule has 0 aliphatic heterocycles. The summed E-state index contributed by atoms with van der Waals surface area (Å²) >= 11 is 0. The van der Waals surface area contributed by atoms with Crippen LogP contribution in [0.5, 0.6) is 0 Å². The maximum Gasteiger partial charge on any atom is 0.257 e. The molecule has 1 heterocycles. The van der Waals surface area contributed by atoms with Crippen LogP contribution in [0.3, 0.4) is 0 Å². The minimum atomic E-state index is -3.55. The number of hydrogen-bond donors (Lipinski definition) is 0. The summed E-state index contributed by atoms with van der Waals surface area (Å²) in [5, 5.41) is 3.99. The van der Waals surface area contributed by atoms with Crippen molar-refractivity contribution in [1.82, 2.24) is 14.4 Å². The molecule has 0 atom stereocenters. The second-order valence-corrected chi connectivity index (χ2v) is 9.64. The number of likely N-dealkylation sites (N-methyl/N-ethyl adjacent to an activating group) is 1. The molecule has 2 aromatic carbocycles. The Hall–Kier alpha value is -2.51. The minimum Gasteiger partial charge on any atom is -0.334 e. The van der Waals surface area contributed by atoms with Gasteiger partial charge in [0.25, 0.3) is 5.89 Å². The van der Waals surface area contributed by atoms with Gasteiger partial charge in [-0.1, -0.05) is 28.9 Å². The van der Waals surface area contributed by atoms with Crippen molar-refractivity contribution >= 4 is 10.0 Å². The van der Waals surface area contributed by atoms with Gasteiger partial charge in [-0.25, -0.2) is 12.7 Å². The Kier molecular flexibility index (Phi) is 5.52. The van der Waals surface area contributed by atoms with E-state index in [-0.39, 0.29) is 6.54 Å². The summed E-state index contributed by atoms with van der Waals surface area (Å²) in [5.41, 5.74) is 4.44. The van der Waals surface area contributed by atoms with Gasteiger partial charge in [0.1, 0.15) is 0 Å². The van der Waals surface area contributed by atoms with Crippen molar-refractivity contribution in [2.75, 3.05) is 13.6 Å². The molecule has 0 N–H and O–H groups in total. The van der Waals surface area contributed by atoms with E-state index in [2.05, 4.69) is 10.1 Å². The van der Waals surface area contributed by atoms with Crippen LogP contribution in [0.1, 0.15) is 35.4 Å². The molecule has 152 valence electrons. The topological polar surface area (TPSA) is 76.3 Å². The second kappa shape index (κ2) is 8.08. The molecule has 4 rings (SSSR count). The van der Waals surface area contributed by atoms with Gasteiger partial charge in [0, 0.05) is 25.6 Å². The van der Waals surface area contributed by atoms with Crippen molar-refractivity contribution in [3.8, 4) is 11.5 Å². The fraction of sp³-hybridized carbons (Fsp3) is 0.364. The zero-order valence-electron chi connectivity index (χ0n) is 16.8. The highest BCUT2D eigenvalue weighted by molar-refractivity contribution is 7.89. The molecule has 3 aromatic rings. The second-order valence-electron chi connectivity index (χ2n) is 7.60. The van der Waals surface area contributed by atoms with Crippen LogP contribution in [0.25, 0.3) is 11.5 Å². The molecule has 7 heteroatoms. The van der Waals surface area contributed by atoms with Gasteiger partial charge >= 0.3 is 0 Å². The van der Waals surface area contributed by atoms with E-state index in [1.165, 1.54) is 16.3 Å². The molecule has 0 saturated carbocycles. The molecule has 29 heavy (non-hydrogen) atoms. The highest BCUT2D eigenvalue weighted by Crippen LogP contribution is 2.25. The number of aromatic nitrogens is 2. The Bertz CT molecular complexity index is 1100. The van der Waals surface area contributed by atoms with Crippen LogP contribution in [0.15, 0.2) is 51.9 Å². The lowest BCUT2D eigenvalue weighted by Gasteiger charge is -2.20. The minimum absolute atomic E-state index is 0.284. The molecule has 0 fully saturated rings. The predicted molar refractivity (Wildman–Crippen MR) is 111 cm³/mol. The van der Waals surface area contributed by atoms with Gasteiger partial charge in [-0.2, -0.15) is 4.98 Å². The van der Waals surface area contributed by atoms with Gasteiger partial charge in [-0.3, -0.25) is 0 Å². The highest BCUT2D eigenvalue weighted by atomic mass is 32.2. The zero-order chi connectivity index (χ0) is 20.4. The van der Waals surface area contributed by atoms with Crippen molar-refractivity contribution in [2.24, 2.45) is 0 Å². The summed E-state index contributed by atoms with van der Waals surface area (Å²) in [6.45, 7) is 2.30. The normalized spacial score (nSPS) is 14.2. The van der Waals surface area contributed by atoms with Gasteiger partial charge in [-0.15, -0.1) is 0 Å². The number of benzene rings is 2. The Morgan fingerprint density at radius 2 is 1.76 bits per heavy atom. The van der Waals surface area contributed by atoms with Crippen LogP contribution in [-0.4, -0.2) is 36.5 Å². The Balaban J connectivity index is 1.44. The molecule has 0 radical (unpaired) electrons. The van der Waals surface area contributed by atoms with E-state index in [4.69, 9.17) is 4.52 Å². The first kappa shape index (κ1) is 19.8. The molecule has 6 nitrogen and oxygen atoms in total. The summed E-state index contributed by atoms with van der Waals surface area (Å²) in [4.78, 5) is 4.75. The van der Waals surface area contributed by atoms with Crippen molar-refractivity contribution in [1.29, 1.82) is 0 Å². The van der Waals surface area contributed by atoms with Crippen LogP contribution in [0.4, 0.5) is 0 Å². The molecular formula is C22H25N3O3S. The number of rotatable bonds is 6. The van der Waals surface area contributed by atoms with Crippen LogP contribution in [0, 0.1) is 6.92 Å². The lowest BCUT2D eigenvalue weighted by Crippen LogP contribution is -2.29. The first-order valence-corrected chi connectivity index (χ1v) is 11.4. The lowest BCUT2D eigenvalue weighted by molar-refractivity contribution is 0.415. The molecule has 0 bridgehead atoms. The van der Waals surface area contributed by atoms with E-state index >= 15 is 0 Å². The maximum absolute atomic E-state index is 13.0. The Morgan fingerprint density at radius 3 is 2.52 bits per heavy atom. The van der Waals surface area contributed by atoms with E-state index in [0.29, 0.717) is 23.0 Å². The van der Waals surface area contributed by atoms with Gasteiger partial charge < -0.3 is 4.52 Å². The summed E-state index contributed by atoms with van der Waals surface area (Å²) < 4.78 is 32.6. The van der Waals surface area contributed by atoms with Crippen LogP contribution >= 0.6 is 0 Å². The van der Waals surface area contributed by atoms with Crippen LogP contribution < -0.4 is 0 Å². The third-order valence-corrected chi connectivity index (χ3v) is 7.30. The highest BCUT2D eigenvalue weighted by Gasteiger charge is 2.23.